The van der Waals surface area contributed by atoms with Gasteiger partial charge in [-0.25, -0.2) is 4.98 Å². The Kier molecular flexibility index (Phi) is 5.34. The molecule has 5 nitrogen and oxygen atoms in total. The predicted octanol–water partition coefficient (Wildman–Crippen LogP) is 3.59. The zero-order chi connectivity index (χ0) is 15.5. The van der Waals surface area contributed by atoms with Crippen LogP contribution in [0.15, 0.2) is 9.72 Å². The highest BCUT2D eigenvalue weighted by Crippen LogP contribution is 2.29. The molecule has 0 fully saturated rings. The molecule has 0 aliphatic carbocycles. The summed E-state index contributed by atoms with van der Waals surface area (Å²) in [6.45, 7) is 8.40. The number of rotatable bonds is 5. The number of aryl methyl sites for hydroxylation is 1. The number of thiazole rings is 1. The first-order valence-corrected chi connectivity index (χ1v) is 9.27. The molecule has 8 heteroatoms. The van der Waals surface area contributed by atoms with Crippen molar-refractivity contribution in [3.05, 3.63) is 16.1 Å². The van der Waals surface area contributed by atoms with Gasteiger partial charge in [-0.3, -0.25) is 10.1 Å². The van der Waals surface area contributed by atoms with Gasteiger partial charge in [-0.2, -0.15) is 0 Å². The van der Waals surface area contributed by atoms with Crippen LogP contribution in [0, 0.1) is 0 Å². The molecule has 0 aliphatic heterocycles. The maximum atomic E-state index is 11.9. The summed E-state index contributed by atoms with van der Waals surface area (Å²) >= 11 is 4.44. The topological polar surface area (TPSA) is 67.8 Å². The highest BCUT2D eigenvalue weighted by molar-refractivity contribution is 8.01. The fourth-order valence-electron chi connectivity index (χ4n) is 1.40. The van der Waals surface area contributed by atoms with Crippen molar-refractivity contribution < 1.29 is 4.79 Å². The van der Waals surface area contributed by atoms with Crippen molar-refractivity contribution in [2.24, 2.45) is 0 Å². The smallest absolute Gasteiger partial charge is 0.236 e. The number of thioether (sulfide) groups is 1. The maximum Gasteiger partial charge on any atom is 0.236 e. The van der Waals surface area contributed by atoms with E-state index in [0.717, 1.165) is 21.5 Å². The van der Waals surface area contributed by atoms with E-state index in [0.29, 0.717) is 10.9 Å². The number of carbonyl (C=O) groups excluding carboxylic acids is 1. The van der Waals surface area contributed by atoms with Gasteiger partial charge in [0.2, 0.25) is 11.0 Å². The van der Waals surface area contributed by atoms with Crippen LogP contribution in [0.2, 0.25) is 0 Å². The quantitative estimate of drug-likeness (QED) is 0.841. The molecular formula is C13H18N4OS3. The average molecular weight is 343 g/mol. The normalized spacial score (nSPS) is 11.6. The monoisotopic (exact) mass is 342 g/mol. The third-order valence-electron chi connectivity index (χ3n) is 2.59. The first-order chi connectivity index (χ1) is 9.88. The molecule has 0 aliphatic rings. The summed E-state index contributed by atoms with van der Waals surface area (Å²) < 4.78 is 0.918. The fourth-order valence-corrected chi connectivity index (χ4v) is 3.95. The van der Waals surface area contributed by atoms with Gasteiger partial charge >= 0.3 is 0 Å². The number of nitrogens with zero attached hydrogens (tertiary/aromatic N) is 3. The Hall–Kier alpha value is -0.990. The van der Waals surface area contributed by atoms with E-state index in [1.165, 1.54) is 23.1 Å². The van der Waals surface area contributed by atoms with Crippen LogP contribution >= 0.6 is 34.4 Å². The number of hydrogen-bond donors (Lipinski definition) is 1. The molecule has 0 atom stereocenters. The largest absolute Gasteiger partial charge is 0.300 e. The van der Waals surface area contributed by atoms with Crippen molar-refractivity contribution in [1.82, 2.24) is 15.2 Å². The van der Waals surface area contributed by atoms with Crippen molar-refractivity contribution in [2.45, 2.75) is 43.9 Å². The van der Waals surface area contributed by atoms with Crippen molar-refractivity contribution in [3.63, 3.8) is 0 Å². The van der Waals surface area contributed by atoms with E-state index >= 15 is 0 Å². The number of carbonyl (C=O) groups is 1. The van der Waals surface area contributed by atoms with E-state index in [4.69, 9.17) is 0 Å². The van der Waals surface area contributed by atoms with Crippen LogP contribution in [-0.2, 0) is 16.6 Å². The average Bonchev–Trinajstić information content (AvgIpc) is 3.04. The van der Waals surface area contributed by atoms with Crippen molar-refractivity contribution in [3.8, 4) is 0 Å². The van der Waals surface area contributed by atoms with Gasteiger partial charge in [0.15, 0.2) is 4.34 Å². The third-order valence-corrected chi connectivity index (χ3v) is 5.60. The van der Waals surface area contributed by atoms with Crippen molar-refractivity contribution in [1.29, 1.82) is 0 Å². The standard InChI is InChI=1S/C13H18N4OS3/c1-5-10-16-17-11(21-10)15-9(18)7-20-12-14-8(6-19-12)13(2,3)4/h6H,5,7H2,1-4H3,(H,15,17,18). The lowest BCUT2D eigenvalue weighted by molar-refractivity contribution is -0.113. The minimum Gasteiger partial charge on any atom is -0.300 e. The van der Waals surface area contributed by atoms with Crippen LogP contribution in [0.1, 0.15) is 38.4 Å². The number of anilines is 1. The molecule has 0 bridgehead atoms. The lowest BCUT2D eigenvalue weighted by Crippen LogP contribution is -2.14. The van der Waals surface area contributed by atoms with Gasteiger partial charge in [-0.05, 0) is 6.42 Å². The Morgan fingerprint density at radius 1 is 1.38 bits per heavy atom. The van der Waals surface area contributed by atoms with Gasteiger partial charge < -0.3 is 0 Å². The van der Waals surface area contributed by atoms with Gasteiger partial charge in [0.25, 0.3) is 0 Å². The Labute approximate surface area is 136 Å². The van der Waals surface area contributed by atoms with E-state index in [2.05, 4.69) is 46.6 Å². The summed E-state index contributed by atoms with van der Waals surface area (Å²) in [5, 5.41) is 14.2. The third kappa shape index (κ3) is 4.76. The summed E-state index contributed by atoms with van der Waals surface area (Å²) in [4.78, 5) is 16.4. The maximum absolute atomic E-state index is 11.9. The summed E-state index contributed by atoms with van der Waals surface area (Å²) in [7, 11) is 0. The van der Waals surface area contributed by atoms with E-state index in [-0.39, 0.29) is 11.3 Å². The summed E-state index contributed by atoms with van der Waals surface area (Å²) in [5.74, 6) is 0.254. The molecule has 0 saturated carbocycles. The zero-order valence-corrected chi connectivity index (χ0v) is 14.9. The molecule has 2 rings (SSSR count). The molecule has 114 valence electrons. The Morgan fingerprint density at radius 3 is 2.71 bits per heavy atom. The van der Waals surface area contributed by atoms with Gasteiger partial charge in [0.1, 0.15) is 5.01 Å². The predicted molar refractivity (Wildman–Crippen MR) is 89.5 cm³/mol. The summed E-state index contributed by atoms with van der Waals surface area (Å²) in [5.41, 5.74) is 1.10. The molecule has 2 heterocycles. The van der Waals surface area contributed by atoms with Crippen molar-refractivity contribution >= 4 is 45.5 Å². The van der Waals surface area contributed by atoms with E-state index < -0.39 is 0 Å². The molecular weight excluding hydrogens is 324 g/mol. The number of hydrogen-bond acceptors (Lipinski definition) is 7. The lowest BCUT2D eigenvalue weighted by Gasteiger charge is -2.14. The number of nitrogens with one attached hydrogen (secondary N) is 1. The van der Waals surface area contributed by atoms with E-state index in [9.17, 15) is 4.79 Å². The second kappa shape index (κ2) is 6.85. The van der Waals surface area contributed by atoms with Gasteiger partial charge in [0.05, 0.1) is 11.4 Å². The van der Waals surface area contributed by atoms with Gasteiger partial charge in [-0.15, -0.1) is 21.5 Å². The molecule has 1 amide bonds. The Bertz CT molecular complexity index is 615. The first-order valence-electron chi connectivity index (χ1n) is 6.59. The van der Waals surface area contributed by atoms with Crippen LogP contribution in [0.5, 0.6) is 0 Å². The molecule has 0 spiro atoms. The van der Waals surface area contributed by atoms with E-state index in [1.807, 2.05) is 6.92 Å². The Morgan fingerprint density at radius 2 is 2.14 bits per heavy atom. The van der Waals surface area contributed by atoms with Crippen molar-refractivity contribution in [2.75, 3.05) is 11.1 Å². The zero-order valence-electron chi connectivity index (χ0n) is 12.5. The molecule has 2 aromatic rings. The van der Waals surface area contributed by atoms with Crippen LogP contribution in [-0.4, -0.2) is 26.8 Å². The van der Waals surface area contributed by atoms with Gasteiger partial charge in [0, 0.05) is 10.8 Å². The molecule has 1 N–H and O–H groups in total. The van der Waals surface area contributed by atoms with E-state index in [1.54, 1.807) is 11.3 Å². The number of amides is 1. The Balaban J connectivity index is 1.85. The highest BCUT2D eigenvalue weighted by Gasteiger charge is 2.18. The highest BCUT2D eigenvalue weighted by atomic mass is 32.2. The number of aromatic nitrogens is 3. The van der Waals surface area contributed by atoms with Gasteiger partial charge in [-0.1, -0.05) is 50.8 Å². The van der Waals surface area contributed by atoms with Crippen LogP contribution in [0.4, 0.5) is 5.13 Å². The van der Waals surface area contributed by atoms with Crippen LogP contribution in [0.3, 0.4) is 0 Å². The molecule has 0 radical (unpaired) electrons. The summed E-state index contributed by atoms with van der Waals surface area (Å²) in [6.07, 6.45) is 0.830. The second-order valence-corrected chi connectivity index (χ2v) is 8.58. The minimum absolute atomic E-state index is 0.0423. The van der Waals surface area contributed by atoms with Crippen LogP contribution in [0.25, 0.3) is 0 Å². The second-order valence-electron chi connectivity index (χ2n) is 5.44. The SMILES string of the molecule is CCc1nnc(NC(=O)CSc2nc(C(C)(C)C)cs2)s1. The minimum atomic E-state index is -0.0775. The lowest BCUT2D eigenvalue weighted by atomic mass is 9.93. The molecule has 21 heavy (non-hydrogen) atoms. The first kappa shape index (κ1) is 16.4. The fraction of sp³-hybridized carbons (Fsp3) is 0.538. The summed E-state index contributed by atoms with van der Waals surface area (Å²) in [6, 6.07) is 0. The molecule has 0 saturated heterocycles. The molecule has 0 aromatic carbocycles. The molecule has 2 aromatic heterocycles. The van der Waals surface area contributed by atoms with Crippen LogP contribution < -0.4 is 5.32 Å². The molecule has 0 unspecified atom stereocenters.